The van der Waals surface area contributed by atoms with Gasteiger partial charge in [0.05, 0.1) is 10.5 Å². The van der Waals surface area contributed by atoms with Crippen molar-refractivity contribution in [3.63, 3.8) is 0 Å². The minimum atomic E-state index is -3.71. The van der Waals surface area contributed by atoms with E-state index in [-0.39, 0.29) is 22.7 Å². The summed E-state index contributed by atoms with van der Waals surface area (Å²) in [6.45, 7) is 4.87. The lowest BCUT2D eigenvalue weighted by Crippen LogP contribution is -2.30. The van der Waals surface area contributed by atoms with Crippen LogP contribution < -0.4 is 10.0 Å². The number of carbonyl (C=O) groups is 2. The number of ether oxygens (including phenoxy) is 1. The van der Waals surface area contributed by atoms with Gasteiger partial charge in [-0.25, -0.2) is 22.3 Å². The summed E-state index contributed by atoms with van der Waals surface area (Å²) in [6, 6.07) is 10.3. The molecule has 0 heterocycles. The summed E-state index contributed by atoms with van der Waals surface area (Å²) in [5.41, 5.74) is 0.308. The number of amides is 1. The zero-order valence-electron chi connectivity index (χ0n) is 15.0. The largest absolute Gasteiger partial charge is 0.449 e. The van der Waals surface area contributed by atoms with E-state index in [0.717, 1.165) is 6.07 Å². The lowest BCUT2D eigenvalue weighted by Gasteiger charge is -2.14. The molecule has 148 valence electrons. The summed E-state index contributed by atoms with van der Waals surface area (Å²) in [7, 11) is -3.71. The molecule has 1 atom stereocenters. The van der Waals surface area contributed by atoms with Gasteiger partial charge in [0, 0.05) is 12.2 Å². The van der Waals surface area contributed by atoms with E-state index in [1.54, 1.807) is 0 Å². The van der Waals surface area contributed by atoms with Gasteiger partial charge in [-0.05, 0) is 49.4 Å². The number of carbonyl (C=O) groups excluding carboxylic acids is 2. The molecular weight excluding hydrogens is 387 g/mol. The molecule has 0 saturated carbocycles. The second-order valence-corrected chi connectivity index (χ2v) is 7.48. The summed E-state index contributed by atoms with van der Waals surface area (Å²) in [5.74, 6) is -1.95. The highest BCUT2D eigenvalue weighted by molar-refractivity contribution is 7.89. The highest BCUT2D eigenvalue weighted by atomic mass is 32.2. The monoisotopic (exact) mass is 406 g/mol. The third-order valence-corrected chi connectivity index (χ3v) is 5.00. The minimum absolute atomic E-state index is 0.0252. The van der Waals surface area contributed by atoms with Gasteiger partial charge in [-0.1, -0.05) is 12.1 Å². The van der Waals surface area contributed by atoms with Crippen molar-refractivity contribution in [3.05, 3.63) is 72.6 Å². The standard InChI is InChI=1S/C19H19FN2O5S/c1-3-11-21-28(25,26)17-9-7-14(8-10-17)19(24)27-13(2)18(23)22-16-6-4-5-15(20)12-16/h3-10,12-13,21H,1,11H2,2H3,(H,22,23)/t13-/m0/s1. The smallest absolute Gasteiger partial charge is 0.338 e. The highest BCUT2D eigenvalue weighted by Crippen LogP contribution is 2.13. The molecule has 7 nitrogen and oxygen atoms in total. The van der Waals surface area contributed by atoms with Crippen LogP contribution in [0.1, 0.15) is 17.3 Å². The Bertz CT molecular complexity index is 974. The molecule has 0 aromatic heterocycles. The number of hydrogen-bond donors (Lipinski definition) is 2. The molecule has 2 aromatic rings. The van der Waals surface area contributed by atoms with Crippen molar-refractivity contribution in [2.75, 3.05) is 11.9 Å². The molecule has 0 fully saturated rings. The molecule has 0 saturated heterocycles. The van der Waals surface area contributed by atoms with E-state index in [0.29, 0.717) is 0 Å². The molecule has 0 aliphatic carbocycles. The molecule has 28 heavy (non-hydrogen) atoms. The molecule has 2 N–H and O–H groups in total. The van der Waals surface area contributed by atoms with Crippen LogP contribution in [0, 0.1) is 5.82 Å². The first-order valence-corrected chi connectivity index (χ1v) is 9.69. The van der Waals surface area contributed by atoms with E-state index in [1.807, 2.05) is 0 Å². The van der Waals surface area contributed by atoms with Gasteiger partial charge in [0.15, 0.2) is 6.10 Å². The molecule has 2 aromatic carbocycles. The third kappa shape index (κ3) is 5.73. The average Bonchev–Trinajstić information content (AvgIpc) is 2.66. The number of esters is 1. The van der Waals surface area contributed by atoms with E-state index in [9.17, 15) is 22.4 Å². The van der Waals surface area contributed by atoms with Crippen molar-refractivity contribution in [1.29, 1.82) is 0 Å². The summed E-state index contributed by atoms with van der Waals surface area (Å²) < 4.78 is 44.5. The number of nitrogens with one attached hydrogen (secondary N) is 2. The first kappa shape index (κ1) is 21.3. The average molecular weight is 406 g/mol. The molecular formula is C19H19FN2O5S. The quantitative estimate of drug-likeness (QED) is 0.518. The summed E-state index contributed by atoms with van der Waals surface area (Å²) in [6.07, 6.45) is 0.257. The van der Waals surface area contributed by atoms with Crippen molar-refractivity contribution in [3.8, 4) is 0 Å². The second-order valence-electron chi connectivity index (χ2n) is 5.71. The van der Waals surface area contributed by atoms with E-state index in [4.69, 9.17) is 4.74 Å². The second kappa shape index (κ2) is 9.25. The molecule has 1 amide bonds. The number of rotatable bonds is 8. The van der Waals surface area contributed by atoms with E-state index in [1.165, 1.54) is 55.5 Å². The fraction of sp³-hybridized carbons (Fsp3) is 0.158. The Hall–Kier alpha value is -3.04. The number of sulfonamides is 1. The Morgan fingerprint density at radius 2 is 1.89 bits per heavy atom. The normalized spacial score (nSPS) is 12.1. The van der Waals surface area contributed by atoms with Crippen LogP contribution in [0.15, 0.2) is 66.1 Å². The van der Waals surface area contributed by atoms with Gasteiger partial charge in [-0.3, -0.25) is 4.79 Å². The number of hydrogen-bond acceptors (Lipinski definition) is 5. The Labute approximate surface area is 162 Å². The van der Waals surface area contributed by atoms with Gasteiger partial charge in [-0.15, -0.1) is 6.58 Å². The van der Waals surface area contributed by atoms with Crippen molar-refractivity contribution in [1.82, 2.24) is 4.72 Å². The minimum Gasteiger partial charge on any atom is -0.449 e. The highest BCUT2D eigenvalue weighted by Gasteiger charge is 2.20. The van der Waals surface area contributed by atoms with Crippen molar-refractivity contribution in [2.24, 2.45) is 0 Å². The van der Waals surface area contributed by atoms with E-state index >= 15 is 0 Å². The maximum Gasteiger partial charge on any atom is 0.338 e. The maximum atomic E-state index is 13.1. The predicted molar refractivity (Wildman–Crippen MR) is 102 cm³/mol. The van der Waals surface area contributed by atoms with E-state index in [2.05, 4.69) is 16.6 Å². The van der Waals surface area contributed by atoms with Gasteiger partial charge in [0.25, 0.3) is 5.91 Å². The summed E-state index contributed by atoms with van der Waals surface area (Å²) in [5, 5.41) is 2.44. The fourth-order valence-electron chi connectivity index (χ4n) is 2.11. The Kier molecular flexibility index (Phi) is 7.02. The van der Waals surface area contributed by atoms with Gasteiger partial charge < -0.3 is 10.1 Å². The lowest BCUT2D eigenvalue weighted by atomic mass is 10.2. The number of halogens is 1. The van der Waals surface area contributed by atoms with Gasteiger partial charge in [0.2, 0.25) is 10.0 Å². The van der Waals surface area contributed by atoms with Crippen molar-refractivity contribution in [2.45, 2.75) is 17.9 Å². The van der Waals surface area contributed by atoms with Crippen LogP contribution in [0.4, 0.5) is 10.1 Å². The van der Waals surface area contributed by atoms with Crippen LogP contribution in [0.2, 0.25) is 0 Å². The van der Waals surface area contributed by atoms with Gasteiger partial charge in [-0.2, -0.15) is 0 Å². The lowest BCUT2D eigenvalue weighted by molar-refractivity contribution is -0.123. The molecule has 9 heteroatoms. The molecule has 0 aliphatic rings. The predicted octanol–water partition coefficient (Wildman–Crippen LogP) is 2.47. The zero-order valence-corrected chi connectivity index (χ0v) is 15.8. The van der Waals surface area contributed by atoms with Crippen LogP contribution in [-0.4, -0.2) is 32.9 Å². The van der Waals surface area contributed by atoms with Crippen LogP contribution >= 0.6 is 0 Å². The van der Waals surface area contributed by atoms with Gasteiger partial charge >= 0.3 is 5.97 Å². The Morgan fingerprint density at radius 3 is 2.50 bits per heavy atom. The van der Waals surface area contributed by atoms with Crippen LogP contribution in [-0.2, 0) is 19.6 Å². The summed E-state index contributed by atoms with van der Waals surface area (Å²) in [4.78, 5) is 24.2. The van der Waals surface area contributed by atoms with Gasteiger partial charge in [0.1, 0.15) is 5.82 Å². The Morgan fingerprint density at radius 1 is 1.21 bits per heavy atom. The molecule has 0 unspecified atom stereocenters. The molecule has 2 rings (SSSR count). The fourth-order valence-corrected chi connectivity index (χ4v) is 3.11. The zero-order chi connectivity index (χ0) is 20.7. The number of benzene rings is 2. The first-order chi connectivity index (χ1) is 13.2. The molecule has 0 spiro atoms. The molecule has 0 radical (unpaired) electrons. The van der Waals surface area contributed by atoms with Crippen LogP contribution in [0.3, 0.4) is 0 Å². The topological polar surface area (TPSA) is 102 Å². The number of anilines is 1. The van der Waals surface area contributed by atoms with Crippen LogP contribution in [0.5, 0.6) is 0 Å². The Balaban J connectivity index is 1.99. The summed E-state index contributed by atoms with van der Waals surface area (Å²) >= 11 is 0. The third-order valence-electron chi connectivity index (χ3n) is 3.56. The van der Waals surface area contributed by atoms with Crippen molar-refractivity contribution < 1.29 is 27.1 Å². The first-order valence-electron chi connectivity index (χ1n) is 8.21. The van der Waals surface area contributed by atoms with Crippen LogP contribution in [0.25, 0.3) is 0 Å². The van der Waals surface area contributed by atoms with Crippen molar-refractivity contribution >= 4 is 27.6 Å². The van der Waals surface area contributed by atoms with E-state index < -0.39 is 33.8 Å². The molecule has 0 aliphatic heterocycles. The maximum absolute atomic E-state index is 13.1. The molecule has 0 bridgehead atoms. The SMILES string of the molecule is C=CCNS(=O)(=O)c1ccc(C(=O)O[C@@H](C)C(=O)Nc2cccc(F)c2)cc1.